The Morgan fingerprint density at radius 1 is 0.885 bits per heavy atom. The molecule has 0 aliphatic rings. The zero-order valence-electron chi connectivity index (χ0n) is 15.8. The van der Waals surface area contributed by atoms with Gasteiger partial charge in [0.15, 0.2) is 5.37 Å². The lowest BCUT2D eigenvalue weighted by Crippen LogP contribution is -3.00. The molecule has 4 heteroatoms. The van der Waals surface area contributed by atoms with Crippen LogP contribution in [0.3, 0.4) is 0 Å². The molecule has 0 N–H and O–H groups in total. The van der Waals surface area contributed by atoms with Crippen LogP contribution in [0.4, 0.5) is 0 Å². The normalized spacial score (nSPS) is 13.7. The minimum atomic E-state index is 0. The van der Waals surface area contributed by atoms with E-state index in [1.165, 1.54) is 11.1 Å². The Morgan fingerprint density at radius 3 is 1.96 bits per heavy atom. The summed E-state index contributed by atoms with van der Waals surface area (Å²) in [6, 6.07) is 21.7. The van der Waals surface area contributed by atoms with Gasteiger partial charge in [0.05, 0.1) is 0 Å². The molecule has 3 aromatic rings. The summed E-state index contributed by atoms with van der Waals surface area (Å²) in [5, 5.41) is 0.269. The summed E-state index contributed by atoms with van der Waals surface area (Å²) in [6.07, 6.45) is 6.60. The molecule has 0 bridgehead atoms. The standard InChI is InChI=1S/C22H27N2S.BrH/c1-18(19-11-7-5-8-12-19)23-15-16-24(17-23)21(25-22(2,3)4)20-13-9-6-10-14-20;/h5-18,21H,1-4H3;1H/q+1;/p-1/t18-,21-;/m1./s1. The van der Waals surface area contributed by atoms with E-state index in [0.717, 1.165) is 0 Å². The van der Waals surface area contributed by atoms with Crippen molar-refractivity contribution in [1.29, 1.82) is 0 Å². The number of hydrogen-bond acceptors (Lipinski definition) is 1. The number of nitrogens with zero attached hydrogens (tertiary/aromatic N) is 2. The van der Waals surface area contributed by atoms with Gasteiger partial charge >= 0.3 is 0 Å². The quantitative estimate of drug-likeness (QED) is 0.564. The Balaban J connectivity index is 0.00000243. The van der Waals surface area contributed by atoms with E-state index >= 15 is 0 Å². The highest BCUT2D eigenvalue weighted by atomic mass is 79.9. The van der Waals surface area contributed by atoms with Crippen molar-refractivity contribution >= 4 is 11.8 Å². The second kappa shape index (κ2) is 8.92. The summed E-state index contributed by atoms with van der Waals surface area (Å²) in [6.45, 7) is 9.07. The fourth-order valence-electron chi connectivity index (χ4n) is 2.91. The largest absolute Gasteiger partial charge is 1.00 e. The number of thioether (sulfide) groups is 1. The summed E-state index contributed by atoms with van der Waals surface area (Å²) < 4.78 is 4.79. The molecule has 1 aromatic heterocycles. The highest BCUT2D eigenvalue weighted by Crippen LogP contribution is 2.36. The molecule has 0 aliphatic heterocycles. The molecule has 2 aromatic carbocycles. The third-order valence-corrected chi connectivity index (χ3v) is 5.67. The van der Waals surface area contributed by atoms with Gasteiger partial charge in [0.1, 0.15) is 18.4 Å². The second-order valence-electron chi connectivity index (χ2n) is 7.39. The Bertz CT molecular complexity index is 794. The molecule has 26 heavy (non-hydrogen) atoms. The van der Waals surface area contributed by atoms with Crippen molar-refractivity contribution in [3.8, 4) is 0 Å². The third-order valence-electron chi connectivity index (χ3n) is 4.23. The average Bonchev–Trinajstić information content (AvgIpc) is 3.09. The lowest BCUT2D eigenvalue weighted by molar-refractivity contribution is -0.691. The minimum absolute atomic E-state index is 0. The highest BCUT2D eigenvalue weighted by molar-refractivity contribution is 8.00. The van der Waals surface area contributed by atoms with Crippen molar-refractivity contribution in [3.05, 3.63) is 90.5 Å². The van der Waals surface area contributed by atoms with Crippen molar-refractivity contribution in [1.82, 2.24) is 4.57 Å². The van der Waals surface area contributed by atoms with Crippen molar-refractivity contribution in [3.63, 3.8) is 0 Å². The number of imidazole rings is 1. The Kier molecular flexibility index (Phi) is 7.13. The second-order valence-corrected chi connectivity index (χ2v) is 9.29. The molecule has 1 heterocycles. The molecule has 0 spiro atoms. The predicted octanol–water partition coefficient (Wildman–Crippen LogP) is 2.47. The zero-order valence-corrected chi connectivity index (χ0v) is 18.2. The maximum Gasteiger partial charge on any atom is 0.245 e. The van der Waals surface area contributed by atoms with Gasteiger partial charge in [-0.15, -0.1) is 11.8 Å². The van der Waals surface area contributed by atoms with Crippen LogP contribution in [-0.4, -0.2) is 9.31 Å². The van der Waals surface area contributed by atoms with Crippen LogP contribution in [0.5, 0.6) is 0 Å². The van der Waals surface area contributed by atoms with E-state index in [2.05, 4.69) is 116 Å². The SMILES string of the molecule is C[C@H](c1ccccc1)n1cc[n+]([C@H](SC(C)(C)C)c2ccccc2)c1.[Br-]. The van der Waals surface area contributed by atoms with Crippen LogP contribution in [0, 0.1) is 0 Å². The first kappa shape index (κ1) is 20.8. The molecule has 2 atom stereocenters. The molecule has 138 valence electrons. The highest BCUT2D eigenvalue weighted by Gasteiger charge is 2.27. The molecule has 0 saturated heterocycles. The van der Waals surface area contributed by atoms with Crippen LogP contribution >= 0.6 is 11.8 Å². The average molecular weight is 431 g/mol. The zero-order chi connectivity index (χ0) is 17.9. The number of benzene rings is 2. The van der Waals surface area contributed by atoms with Gasteiger partial charge in [0.2, 0.25) is 6.33 Å². The van der Waals surface area contributed by atoms with E-state index in [1.54, 1.807) is 0 Å². The van der Waals surface area contributed by atoms with Crippen LogP contribution in [-0.2, 0) is 0 Å². The molecule has 0 fully saturated rings. The van der Waals surface area contributed by atoms with Crippen LogP contribution in [0.2, 0.25) is 0 Å². The molecular weight excluding hydrogens is 404 g/mol. The minimum Gasteiger partial charge on any atom is -1.00 e. The summed E-state index contributed by atoms with van der Waals surface area (Å²) in [5.74, 6) is 0. The first-order valence-corrected chi connectivity index (χ1v) is 9.68. The van der Waals surface area contributed by atoms with E-state index in [-0.39, 0.29) is 27.1 Å². The fraction of sp³-hybridized carbons (Fsp3) is 0.318. The summed E-state index contributed by atoms with van der Waals surface area (Å²) in [4.78, 5) is 0. The molecular formula is C22H27BrN2S. The maximum absolute atomic E-state index is 2.32. The molecule has 0 aliphatic carbocycles. The van der Waals surface area contributed by atoms with Crippen molar-refractivity contribution in [2.75, 3.05) is 0 Å². The smallest absolute Gasteiger partial charge is 0.245 e. The van der Waals surface area contributed by atoms with E-state index in [0.29, 0.717) is 6.04 Å². The Hall–Kier alpha value is -1.52. The first-order chi connectivity index (χ1) is 11.9. The third kappa shape index (κ3) is 5.24. The van der Waals surface area contributed by atoms with Gasteiger partial charge < -0.3 is 17.0 Å². The Labute approximate surface area is 172 Å². The van der Waals surface area contributed by atoms with E-state index in [4.69, 9.17) is 0 Å². The number of rotatable bonds is 5. The topological polar surface area (TPSA) is 8.81 Å². The van der Waals surface area contributed by atoms with Gasteiger partial charge in [-0.2, -0.15) is 0 Å². The fourth-order valence-corrected chi connectivity index (χ4v) is 4.12. The van der Waals surface area contributed by atoms with Crippen LogP contribution in [0.25, 0.3) is 0 Å². The Morgan fingerprint density at radius 2 is 1.42 bits per heavy atom. The number of hydrogen-bond donors (Lipinski definition) is 0. The van der Waals surface area contributed by atoms with E-state index in [1.807, 2.05) is 11.8 Å². The summed E-state index contributed by atoms with van der Waals surface area (Å²) in [5.41, 5.74) is 2.66. The van der Waals surface area contributed by atoms with Gasteiger partial charge in [-0.1, -0.05) is 81.4 Å². The van der Waals surface area contributed by atoms with E-state index < -0.39 is 0 Å². The van der Waals surface area contributed by atoms with Crippen LogP contribution < -0.4 is 21.5 Å². The molecule has 0 saturated carbocycles. The number of aromatic nitrogens is 2. The van der Waals surface area contributed by atoms with Gasteiger partial charge in [-0.3, -0.25) is 0 Å². The first-order valence-electron chi connectivity index (χ1n) is 8.80. The summed E-state index contributed by atoms with van der Waals surface area (Å²) in [7, 11) is 0. The molecule has 0 unspecified atom stereocenters. The van der Waals surface area contributed by atoms with Crippen molar-refractivity contribution in [2.45, 2.75) is 43.9 Å². The summed E-state index contributed by atoms with van der Waals surface area (Å²) >= 11 is 1.98. The van der Waals surface area contributed by atoms with E-state index in [9.17, 15) is 0 Å². The van der Waals surface area contributed by atoms with Gasteiger partial charge in [0.25, 0.3) is 0 Å². The number of halogens is 1. The molecule has 0 amide bonds. The van der Waals surface area contributed by atoms with Gasteiger partial charge in [-0.05, 0) is 12.5 Å². The monoisotopic (exact) mass is 430 g/mol. The van der Waals surface area contributed by atoms with Gasteiger partial charge in [0, 0.05) is 10.3 Å². The lowest BCUT2D eigenvalue weighted by Gasteiger charge is -2.23. The van der Waals surface area contributed by atoms with Gasteiger partial charge in [-0.25, -0.2) is 9.13 Å². The predicted molar refractivity (Wildman–Crippen MR) is 107 cm³/mol. The molecule has 3 rings (SSSR count). The lowest BCUT2D eigenvalue weighted by atomic mass is 10.1. The molecule has 2 nitrogen and oxygen atoms in total. The van der Waals surface area contributed by atoms with Crippen molar-refractivity contribution in [2.24, 2.45) is 0 Å². The molecule has 0 radical (unpaired) electrons. The van der Waals surface area contributed by atoms with Crippen LogP contribution in [0.15, 0.2) is 79.4 Å². The van der Waals surface area contributed by atoms with Crippen LogP contribution in [0.1, 0.15) is 50.2 Å². The van der Waals surface area contributed by atoms with Crippen molar-refractivity contribution < 1.29 is 21.5 Å². The maximum atomic E-state index is 2.32.